The highest BCUT2D eigenvalue weighted by atomic mass is 16.7. The molecule has 0 unspecified atom stereocenters. The van der Waals surface area contributed by atoms with E-state index in [1.54, 1.807) is 31.4 Å². The van der Waals surface area contributed by atoms with Gasteiger partial charge in [-0.15, -0.1) is 0 Å². The average molecular weight is 324 g/mol. The summed E-state index contributed by atoms with van der Waals surface area (Å²) in [6.07, 6.45) is 1.39. The smallest absolute Gasteiger partial charge is 0.345 e. The third-order valence-electron chi connectivity index (χ3n) is 2.74. The van der Waals surface area contributed by atoms with Crippen molar-refractivity contribution in [3.8, 4) is 5.75 Å². The number of rotatable bonds is 9. The van der Waals surface area contributed by atoms with Crippen LogP contribution in [-0.4, -0.2) is 53.3 Å². The van der Waals surface area contributed by atoms with Gasteiger partial charge in [0.1, 0.15) is 11.3 Å². The van der Waals surface area contributed by atoms with E-state index >= 15 is 0 Å². The highest BCUT2D eigenvalue weighted by molar-refractivity contribution is 6.17. The number of carbonyl (C=O) groups is 2. The van der Waals surface area contributed by atoms with E-state index in [9.17, 15) is 9.59 Å². The molecule has 0 amide bonds. The second-order valence-corrected chi connectivity index (χ2v) is 4.27. The first-order valence-corrected chi connectivity index (χ1v) is 6.80. The molecule has 0 spiro atoms. The third kappa shape index (κ3) is 6.50. The number of esters is 2. The molecule has 0 aliphatic carbocycles. The van der Waals surface area contributed by atoms with Gasteiger partial charge in [-0.2, -0.15) is 0 Å². The van der Waals surface area contributed by atoms with E-state index in [4.69, 9.17) is 14.2 Å². The molecule has 1 aromatic rings. The van der Waals surface area contributed by atoms with Crippen LogP contribution >= 0.6 is 0 Å². The van der Waals surface area contributed by atoms with Gasteiger partial charge in [-0.3, -0.25) is 0 Å². The van der Waals surface area contributed by atoms with Gasteiger partial charge < -0.3 is 23.7 Å². The summed E-state index contributed by atoms with van der Waals surface area (Å²) >= 11 is 0. The van der Waals surface area contributed by atoms with E-state index in [2.05, 4.69) is 9.47 Å². The van der Waals surface area contributed by atoms with Crippen LogP contribution in [0.25, 0.3) is 6.08 Å². The van der Waals surface area contributed by atoms with Crippen LogP contribution in [0.4, 0.5) is 0 Å². The van der Waals surface area contributed by atoms with Gasteiger partial charge in [0, 0.05) is 7.11 Å². The number of hydrogen-bond acceptors (Lipinski definition) is 7. The molecule has 0 aromatic heterocycles. The zero-order valence-corrected chi connectivity index (χ0v) is 13.4. The molecule has 0 N–H and O–H groups in total. The summed E-state index contributed by atoms with van der Waals surface area (Å²) in [7, 11) is 3.98. The number of ether oxygens (including phenoxy) is 5. The second kappa shape index (κ2) is 10.4. The fraction of sp³-hybridized carbons (Fsp3) is 0.375. The predicted molar refractivity (Wildman–Crippen MR) is 81.8 cm³/mol. The standard InChI is InChI=1S/C16H20O7/c1-19-8-9-22-11-23-13-6-4-12(5-7-13)10-14(15(17)20-2)16(18)21-3/h4-7,10H,8-9,11H2,1-3H3. The lowest BCUT2D eigenvalue weighted by Gasteiger charge is -2.07. The van der Waals surface area contributed by atoms with Gasteiger partial charge in [-0.05, 0) is 23.8 Å². The van der Waals surface area contributed by atoms with Crippen LogP contribution < -0.4 is 4.74 Å². The molecular formula is C16H20O7. The van der Waals surface area contributed by atoms with Crippen LogP contribution in [-0.2, 0) is 28.5 Å². The molecule has 0 aliphatic rings. The normalized spacial score (nSPS) is 9.87. The Labute approximate surface area is 134 Å². The monoisotopic (exact) mass is 324 g/mol. The maximum Gasteiger partial charge on any atom is 0.345 e. The topological polar surface area (TPSA) is 80.3 Å². The van der Waals surface area contributed by atoms with Crippen LogP contribution in [0.5, 0.6) is 5.75 Å². The van der Waals surface area contributed by atoms with Gasteiger partial charge in [0.05, 0.1) is 27.4 Å². The Morgan fingerprint density at radius 2 is 1.57 bits per heavy atom. The molecule has 0 radical (unpaired) electrons. The molecule has 23 heavy (non-hydrogen) atoms. The minimum absolute atomic E-state index is 0.105. The van der Waals surface area contributed by atoms with Gasteiger partial charge in [-0.1, -0.05) is 12.1 Å². The second-order valence-electron chi connectivity index (χ2n) is 4.27. The van der Waals surface area contributed by atoms with Gasteiger partial charge >= 0.3 is 11.9 Å². The molecule has 7 nitrogen and oxygen atoms in total. The lowest BCUT2D eigenvalue weighted by Crippen LogP contribution is -2.15. The zero-order valence-electron chi connectivity index (χ0n) is 13.4. The Kier molecular flexibility index (Phi) is 8.41. The first-order valence-electron chi connectivity index (χ1n) is 6.80. The van der Waals surface area contributed by atoms with Crippen LogP contribution in [0, 0.1) is 0 Å². The van der Waals surface area contributed by atoms with E-state index in [1.807, 2.05) is 0 Å². The maximum atomic E-state index is 11.6. The quantitative estimate of drug-likeness (QED) is 0.170. The Balaban J connectivity index is 2.68. The van der Waals surface area contributed by atoms with Crippen molar-refractivity contribution in [1.82, 2.24) is 0 Å². The van der Waals surface area contributed by atoms with Crippen molar-refractivity contribution in [2.45, 2.75) is 0 Å². The molecule has 1 aromatic carbocycles. The fourth-order valence-corrected chi connectivity index (χ4v) is 1.56. The summed E-state index contributed by atoms with van der Waals surface area (Å²) < 4.78 is 24.5. The highest BCUT2D eigenvalue weighted by Crippen LogP contribution is 2.15. The Hall–Kier alpha value is -2.38. The molecule has 0 atom stereocenters. The molecule has 0 fully saturated rings. The van der Waals surface area contributed by atoms with Gasteiger partial charge in [0.2, 0.25) is 0 Å². The average Bonchev–Trinajstić information content (AvgIpc) is 2.59. The molecule has 0 saturated heterocycles. The van der Waals surface area contributed by atoms with Crippen molar-refractivity contribution in [2.24, 2.45) is 0 Å². The lowest BCUT2D eigenvalue weighted by atomic mass is 10.1. The summed E-state index contributed by atoms with van der Waals surface area (Å²) in [6.45, 7) is 1.05. The van der Waals surface area contributed by atoms with Crippen LogP contribution in [0.15, 0.2) is 29.8 Å². The van der Waals surface area contributed by atoms with E-state index in [0.29, 0.717) is 24.5 Å². The van der Waals surface area contributed by atoms with Crippen LogP contribution in [0.1, 0.15) is 5.56 Å². The number of benzene rings is 1. The number of carbonyl (C=O) groups excluding carboxylic acids is 2. The highest BCUT2D eigenvalue weighted by Gasteiger charge is 2.19. The summed E-state index contributed by atoms with van der Waals surface area (Å²) in [4.78, 5) is 23.1. The summed E-state index contributed by atoms with van der Waals surface area (Å²) in [6, 6.07) is 6.77. The van der Waals surface area contributed by atoms with Crippen molar-refractivity contribution in [2.75, 3.05) is 41.3 Å². The van der Waals surface area contributed by atoms with E-state index in [0.717, 1.165) is 0 Å². The zero-order chi connectivity index (χ0) is 17.1. The van der Waals surface area contributed by atoms with Crippen LogP contribution in [0.3, 0.4) is 0 Å². The largest absolute Gasteiger partial charge is 0.468 e. The minimum Gasteiger partial charge on any atom is -0.468 e. The van der Waals surface area contributed by atoms with Crippen LogP contribution in [0.2, 0.25) is 0 Å². The molecule has 0 bridgehead atoms. The van der Waals surface area contributed by atoms with Gasteiger partial charge in [0.15, 0.2) is 6.79 Å². The first kappa shape index (κ1) is 18.7. The van der Waals surface area contributed by atoms with Crippen molar-refractivity contribution in [3.05, 3.63) is 35.4 Å². The molecule has 0 aliphatic heterocycles. The molecular weight excluding hydrogens is 304 g/mol. The fourth-order valence-electron chi connectivity index (χ4n) is 1.56. The summed E-state index contributed by atoms with van der Waals surface area (Å²) in [5.74, 6) is -0.926. The minimum atomic E-state index is -0.760. The van der Waals surface area contributed by atoms with E-state index < -0.39 is 11.9 Å². The van der Waals surface area contributed by atoms with E-state index in [-0.39, 0.29) is 12.4 Å². The predicted octanol–water partition coefficient (Wildman–Crippen LogP) is 1.42. The van der Waals surface area contributed by atoms with Gasteiger partial charge in [-0.25, -0.2) is 9.59 Å². The Morgan fingerprint density at radius 3 is 2.09 bits per heavy atom. The van der Waals surface area contributed by atoms with Crippen molar-refractivity contribution in [1.29, 1.82) is 0 Å². The van der Waals surface area contributed by atoms with Gasteiger partial charge in [0.25, 0.3) is 0 Å². The first-order chi connectivity index (χ1) is 11.1. The van der Waals surface area contributed by atoms with E-state index in [1.165, 1.54) is 20.3 Å². The lowest BCUT2D eigenvalue weighted by molar-refractivity contribution is -0.143. The number of hydrogen-bond donors (Lipinski definition) is 0. The Bertz CT molecular complexity index is 516. The van der Waals surface area contributed by atoms with Crippen molar-refractivity contribution >= 4 is 18.0 Å². The summed E-state index contributed by atoms with van der Waals surface area (Å²) in [5, 5.41) is 0. The Morgan fingerprint density at radius 1 is 0.957 bits per heavy atom. The van der Waals surface area contributed by atoms with Crippen molar-refractivity contribution in [3.63, 3.8) is 0 Å². The molecule has 0 saturated carbocycles. The molecule has 1 rings (SSSR count). The third-order valence-corrected chi connectivity index (χ3v) is 2.74. The summed E-state index contributed by atoms with van der Waals surface area (Å²) in [5.41, 5.74) is 0.440. The maximum absolute atomic E-state index is 11.6. The molecule has 0 heterocycles. The number of methoxy groups -OCH3 is 3. The molecule has 7 heteroatoms. The SMILES string of the molecule is COCCOCOc1ccc(C=C(C(=O)OC)C(=O)OC)cc1. The molecule has 126 valence electrons. The van der Waals surface area contributed by atoms with Crippen molar-refractivity contribution < 1.29 is 33.3 Å².